The van der Waals surface area contributed by atoms with Gasteiger partial charge in [-0.05, 0) is 35.4 Å². The Balaban J connectivity index is 0.000000321. The van der Waals surface area contributed by atoms with Crippen molar-refractivity contribution in [2.75, 3.05) is 75.6 Å². The van der Waals surface area contributed by atoms with Crippen LogP contribution in [0.25, 0.3) is 22.3 Å². The van der Waals surface area contributed by atoms with Gasteiger partial charge in [-0.1, -0.05) is 75.5 Å². The predicted octanol–water partition coefficient (Wildman–Crippen LogP) is -0.774. The molecule has 8 rings (SSSR count). The van der Waals surface area contributed by atoms with Gasteiger partial charge in [-0.25, -0.2) is 57.3 Å². The summed E-state index contributed by atoms with van der Waals surface area (Å²) >= 11 is 2.01. The molecule has 6 aromatic rings. The van der Waals surface area contributed by atoms with Crippen LogP contribution in [0.2, 0.25) is 0 Å². The third-order valence-corrected chi connectivity index (χ3v) is 24.0. The average molecular weight is 1800 g/mol. The number of hydrogen-bond donors (Lipinski definition) is 20. The van der Waals surface area contributed by atoms with Gasteiger partial charge in [0.2, 0.25) is 23.6 Å². The number of anilines is 2. The summed E-state index contributed by atoms with van der Waals surface area (Å²) in [6.45, 7) is 0.749. The number of thioether (sulfide) groups is 2. The van der Waals surface area contributed by atoms with E-state index in [2.05, 4.69) is 68.8 Å². The van der Waals surface area contributed by atoms with Gasteiger partial charge < -0.3 is 112 Å². The molecule has 14 atom stereocenters. The number of fused-ring (bicyclic) bond motifs is 2. The van der Waals surface area contributed by atoms with E-state index in [1.54, 1.807) is 24.3 Å². The maximum absolute atomic E-state index is 12.7. The van der Waals surface area contributed by atoms with Crippen LogP contribution in [0.5, 0.6) is 11.5 Å². The molecule has 22 N–H and O–H groups in total. The number of hydrogen-bond acceptors (Lipinski definition) is 38. The van der Waals surface area contributed by atoms with Gasteiger partial charge in [0.25, 0.3) is 0 Å². The number of nitrogens with one attached hydrogen (secondary N) is 4. The Morgan fingerprint density at radius 3 is 1.18 bits per heavy atom. The van der Waals surface area contributed by atoms with Gasteiger partial charge in [-0.15, -0.1) is 0 Å². The van der Waals surface area contributed by atoms with Crippen molar-refractivity contribution in [1.29, 1.82) is 0 Å². The number of amides is 4. The number of phenols is 2. The van der Waals surface area contributed by atoms with E-state index in [4.69, 9.17) is 39.0 Å². The average Bonchev–Trinajstić information content (AvgIpc) is 1.62. The number of nitrogen functional groups attached to an aromatic ring is 2. The van der Waals surface area contributed by atoms with Gasteiger partial charge >= 0.3 is 46.9 Å². The van der Waals surface area contributed by atoms with Crippen LogP contribution in [0.3, 0.4) is 0 Å². The lowest BCUT2D eigenvalue weighted by atomic mass is 9.87. The number of nitrogens with zero attached hydrogens (tertiary/aromatic N) is 8. The van der Waals surface area contributed by atoms with Crippen LogP contribution in [0.4, 0.5) is 11.6 Å². The fraction of sp³-hybridized carbons (Fsp3) is 0.517. The van der Waals surface area contributed by atoms with E-state index in [-0.39, 0.29) is 119 Å². The third kappa shape index (κ3) is 29.8. The number of aliphatic hydroxyl groups excluding tert-OH is 4. The number of aromatic nitrogens is 8. The smallest absolute Gasteiger partial charge is 0.481 e. The minimum atomic E-state index is -5.58. The van der Waals surface area contributed by atoms with Crippen molar-refractivity contribution in [2.24, 2.45) is 10.8 Å². The van der Waals surface area contributed by atoms with E-state index >= 15 is 0 Å². The Labute approximate surface area is 664 Å². The number of phosphoric ester groups is 6. The van der Waals surface area contributed by atoms with Crippen molar-refractivity contribution in [3.05, 3.63) is 85.0 Å². The molecule has 116 heavy (non-hydrogen) atoms. The standard InChI is InChI=1S/2C29H42N7O18P3S/c2*1-29(2,24(41)27(42)32-8-7-19(38)31-9-10-58-20(39)11-16-3-5-17(37)6-4-16)13-51-57(48,49)54-56(46,47)50-12-18-23(53-55(43,44)45)22(40)28(52-18)36-15-35-21-25(30)33-14-34-26(21)36/h2*3-6,14-15,18,22-24,28,37,40-41H,7-13H2,1-2H3,(H,31,38)(H,32,42)(H,46,47)(H,48,49)(H2,30,33,34)(H2,43,44,45)/t2*18-,22-,23-,24+,28-/m11/s1. The lowest BCUT2D eigenvalue weighted by molar-refractivity contribution is -0.137. The summed E-state index contributed by atoms with van der Waals surface area (Å²) in [7, 11) is -32.8. The van der Waals surface area contributed by atoms with E-state index < -0.39 is 169 Å². The van der Waals surface area contributed by atoms with Crippen LogP contribution in [0.15, 0.2) is 73.8 Å². The minimum absolute atomic E-state index is 0.0252. The molecular formula is C58H84N14O36P6S2. The lowest BCUT2D eigenvalue weighted by Gasteiger charge is -2.30. The number of rotatable bonds is 42. The summed E-state index contributed by atoms with van der Waals surface area (Å²) in [5.74, 6) is -2.30. The van der Waals surface area contributed by atoms with Gasteiger partial charge in [0.1, 0.15) is 84.0 Å². The van der Waals surface area contributed by atoms with Crippen molar-refractivity contribution in [3.8, 4) is 11.5 Å². The zero-order valence-corrected chi connectivity index (χ0v) is 68.1. The Hall–Kier alpha value is -6.84. The molecule has 0 saturated carbocycles. The molecule has 2 fully saturated rings. The van der Waals surface area contributed by atoms with E-state index in [9.17, 15) is 126 Å². The fourth-order valence-corrected chi connectivity index (χ4v) is 17.3. The van der Waals surface area contributed by atoms with Crippen LogP contribution in [-0.2, 0) is 114 Å². The van der Waals surface area contributed by atoms with Crippen molar-refractivity contribution in [2.45, 2.75) is 115 Å². The molecule has 4 unspecified atom stereocenters. The number of phosphoric acid groups is 6. The molecule has 2 aliphatic rings. The van der Waals surface area contributed by atoms with Gasteiger partial charge in [-0.3, -0.25) is 65.0 Å². The SMILES string of the molecule is CC(C)(COP(=O)(O)OP(=O)(O)OC[C@H]1O[C@@H](n2cnc3c(N)ncnc32)[C@H](O)[C@@H]1OP(=O)(O)O)[C@@H](O)C(=O)NCCC(=O)NCCSC(=O)Cc1ccc(O)cc1.CC(C)(COP(=O)(O)OP(=O)(O)OC[C@H]1O[C@@H](n2cnc3c(N)ncnc32)[C@H](O)[C@@H]1OP(=O)(O)O)[C@@H](O)C(=O)NCCC(=O)NCCSC(=O)Cc1ccc(O)cc1. The second-order valence-electron chi connectivity index (χ2n) is 26.3. The normalized spacial score (nSPS) is 21.2. The molecule has 0 bridgehead atoms. The number of phenolic OH excluding ortho intramolecular Hbond substituents is 2. The monoisotopic (exact) mass is 1800 g/mol. The molecule has 644 valence electrons. The number of carbonyl (C=O) groups excluding carboxylic acids is 6. The summed E-state index contributed by atoms with van der Waals surface area (Å²) in [6.07, 6.45) is -13.7. The maximum atomic E-state index is 12.7. The first-order valence-corrected chi connectivity index (χ1v) is 44.6. The van der Waals surface area contributed by atoms with Crippen molar-refractivity contribution in [3.63, 3.8) is 0 Å². The second kappa shape index (κ2) is 41.4. The minimum Gasteiger partial charge on any atom is -0.508 e. The molecular weight excluding hydrogens is 1720 g/mol. The number of imidazole rings is 2. The molecule has 2 aromatic carbocycles. The van der Waals surface area contributed by atoms with Crippen molar-refractivity contribution < 1.29 is 171 Å². The highest BCUT2D eigenvalue weighted by molar-refractivity contribution is 8.13. The number of nitrogens with two attached hydrogens (primary N) is 2. The van der Waals surface area contributed by atoms with E-state index in [0.717, 1.165) is 69.1 Å². The molecule has 0 radical (unpaired) electrons. The largest absolute Gasteiger partial charge is 0.508 e. The number of aliphatic hydroxyl groups is 4. The first-order chi connectivity index (χ1) is 53.9. The third-order valence-electron chi connectivity index (χ3n) is 16.1. The highest BCUT2D eigenvalue weighted by Crippen LogP contribution is 2.63. The molecule has 58 heteroatoms. The summed E-state index contributed by atoms with van der Waals surface area (Å²) in [5.41, 5.74) is 9.90. The Bertz CT molecular complexity index is 4430. The molecule has 0 spiro atoms. The molecule has 6 heterocycles. The van der Waals surface area contributed by atoms with Gasteiger partial charge in [0, 0.05) is 74.2 Å². The van der Waals surface area contributed by atoms with Crippen LogP contribution >= 0.6 is 70.5 Å². The molecule has 4 amide bonds. The highest BCUT2D eigenvalue weighted by atomic mass is 32.2. The molecule has 2 aliphatic heterocycles. The van der Waals surface area contributed by atoms with Crippen LogP contribution in [0.1, 0.15) is 64.1 Å². The molecule has 50 nitrogen and oxygen atoms in total. The van der Waals surface area contributed by atoms with Gasteiger partial charge in [-0.2, -0.15) is 8.62 Å². The van der Waals surface area contributed by atoms with Crippen molar-refractivity contribution in [1.82, 2.24) is 60.3 Å². The summed E-state index contributed by atoms with van der Waals surface area (Å²) < 4.78 is 124. The quantitative estimate of drug-likeness (QED) is 0.0165. The lowest BCUT2D eigenvalue weighted by Crippen LogP contribution is -2.46. The first kappa shape index (κ1) is 96.3. The highest BCUT2D eigenvalue weighted by Gasteiger charge is 2.53. The number of ether oxygens (including phenoxy) is 2. The predicted molar refractivity (Wildman–Crippen MR) is 398 cm³/mol. The summed E-state index contributed by atoms with van der Waals surface area (Å²) in [6, 6.07) is 12.3. The van der Waals surface area contributed by atoms with Gasteiger partial charge in [0.15, 0.2) is 45.6 Å². The Morgan fingerprint density at radius 1 is 0.509 bits per heavy atom. The maximum Gasteiger partial charge on any atom is 0.481 e. The molecule has 2 saturated heterocycles. The second-order valence-corrected chi connectivity index (χ2v) is 37.0. The summed E-state index contributed by atoms with van der Waals surface area (Å²) in [4.78, 5) is 176. The first-order valence-electron chi connectivity index (χ1n) is 33.6. The summed E-state index contributed by atoms with van der Waals surface area (Å²) in [5, 5.41) is 71.1. The fourth-order valence-electron chi connectivity index (χ4n) is 10.3. The van der Waals surface area contributed by atoms with Crippen molar-refractivity contribution >= 4 is 138 Å². The zero-order valence-electron chi connectivity index (χ0n) is 61.1. The number of aromatic hydroxyl groups is 2. The topological polar surface area (TPSA) is 768 Å². The van der Waals surface area contributed by atoms with Crippen LogP contribution < -0.4 is 32.7 Å². The Morgan fingerprint density at radius 2 is 0.845 bits per heavy atom. The van der Waals surface area contributed by atoms with E-state index in [1.165, 1.54) is 52.0 Å². The zero-order chi connectivity index (χ0) is 86.1. The van der Waals surface area contributed by atoms with Crippen LogP contribution in [-0.4, -0.2) is 256 Å². The van der Waals surface area contributed by atoms with E-state index in [0.29, 0.717) is 0 Å². The Kier molecular flexibility index (Phi) is 34.4. The van der Waals surface area contributed by atoms with Gasteiger partial charge in [0.05, 0.1) is 39.1 Å². The molecule has 4 aromatic heterocycles. The molecule has 0 aliphatic carbocycles. The van der Waals surface area contributed by atoms with E-state index in [1.807, 2.05) is 0 Å². The number of carbonyl (C=O) groups is 6. The number of benzene rings is 2. The van der Waals surface area contributed by atoms with Crippen LogP contribution in [0, 0.1) is 10.8 Å².